The van der Waals surface area contributed by atoms with Crippen LogP contribution in [0.25, 0.3) is 10.8 Å². The molecule has 70 valence electrons. The summed E-state index contributed by atoms with van der Waals surface area (Å²) in [5.74, 6) is 0.690. The predicted octanol–water partition coefficient (Wildman–Crippen LogP) is 3.59. The SMILES string of the molecule is N=COc1ccc2cc(Br)ccc2c1. The van der Waals surface area contributed by atoms with Crippen LogP contribution in [-0.4, -0.2) is 6.40 Å². The van der Waals surface area contributed by atoms with E-state index < -0.39 is 0 Å². The first-order valence-electron chi connectivity index (χ1n) is 4.14. The van der Waals surface area contributed by atoms with Crippen LogP contribution in [0.1, 0.15) is 0 Å². The number of rotatable bonds is 2. The molecule has 0 bridgehead atoms. The number of halogens is 1. The molecule has 0 radical (unpaired) electrons. The predicted molar refractivity (Wildman–Crippen MR) is 61.1 cm³/mol. The summed E-state index contributed by atoms with van der Waals surface area (Å²) in [7, 11) is 0. The second-order valence-electron chi connectivity index (χ2n) is 2.89. The Morgan fingerprint density at radius 2 is 1.79 bits per heavy atom. The molecule has 2 aromatic rings. The highest BCUT2D eigenvalue weighted by Gasteiger charge is 1.97. The van der Waals surface area contributed by atoms with E-state index in [9.17, 15) is 0 Å². The lowest BCUT2D eigenvalue weighted by atomic mass is 10.1. The van der Waals surface area contributed by atoms with Crippen molar-refractivity contribution >= 4 is 33.1 Å². The number of fused-ring (bicyclic) bond motifs is 1. The van der Waals surface area contributed by atoms with Gasteiger partial charge in [-0.05, 0) is 35.0 Å². The molecule has 1 N–H and O–H groups in total. The molecule has 2 rings (SSSR count). The fraction of sp³-hybridized carbons (Fsp3) is 0. The van der Waals surface area contributed by atoms with Gasteiger partial charge in [0.05, 0.1) is 0 Å². The Bertz CT molecular complexity index is 482. The monoisotopic (exact) mass is 249 g/mol. The first kappa shape index (κ1) is 9.21. The molecule has 0 spiro atoms. The Kier molecular flexibility index (Phi) is 2.50. The Hall–Kier alpha value is -1.35. The highest BCUT2D eigenvalue weighted by Crippen LogP contribution is 2.23. The quantitative estimate of drug-likeness (QED) is 0.641. The van der Waals surface area contributed by atoms with Crippen LogP contribution in [0.4, 0.5) is 0 Å². The van der Waals surface area contributed by atoms with E-state index in [1.165, 1.54) is 0 Å². The molecule has 0 aromatic heterocycles. The molecule has 0 aliphatic carbocycles. The number of ether oxygens (including phenoxy) is 1. The molecule has 0 saturated heterocycles. The minimum Gasteiger partial charge on any atom is -0.446 e. The Morgan fingerprint density at radius 1 is 1.07 bits per heavy atom. The standard InChI is InChI=1S/C11H8BrNO/c12-10-3-1-9-6-11(14-7-13)4-2-8(9)5-10/h1-7,13H. The van der Waals surface area contributed by atoms with Gasteiger partial charge >= 0.3 is 0 Å². The zero-order chi connectivity index (χ0) is 9.97. The van der Waals surface area contributed by atoms with Crippen LogP contribution in [0, 0.1) is 5.41 Å². The first-order valence-corrected chi connectivity index (χ1v) is 4.94. The molecule has 0 amide bonds. The van der Waals surface area contributed by atoms with E-state index in [1.807, 2.05) is 36.4 Å². The lowest BCUT2D eigenvalue weighted by molar-refractivity contribution is 0.571. The average molecular weight is 250 g/mol. The van der Waals surface area contributed by atoms with Crippen molar-refractivity contribution in [3.05, 3.63) is 40.9 Å². The molecule has 0 aliphatic heterocycles. The van der Waals surface area contributed by atoms with Crippen molar-refractivity contribution in [2.75, 3.05) is 0 Å². The van der Waals surface area contributed by atoms with E-state index in [4.69, 9.17) is 10.1 Å². The van der Waals surface area contributed by atoms with Crippen LogP contribution in [0.2, 0.25) is 0 Å². The largest absolute Gasteiger partial charge is 0.446 e. The molecule has 0 saturated carbocycles. The van der Waals surface area contributed by atoms with Gasteiger partial charge in [0.15, 0.2) is 6.40 Å². The molecule has 0 unspecified atom stereocenters. The van der Waals surface area contributed by atoms with E-state index >= 15 is 0 Å². The van der Waals surface area contributed by atoms with Gasteiger partial charge < -0.3 is 4.74 Å². The van der Waals surface area contributed by atoms with Crippen LogP contribution in [0.3, 0.4) is 0 Å². The number of hydrogen-bond acceptors (Lipinski definition) is 2. The minimum atomic E-state index is 0.690. The number of hydrogen-bond donors (Lipinski definition) is 1. The Morgan fingerprint density at radius 3 is 2.57 bits per heavy atom. The molecule has 0 atom stereocenters. The number of nitrogens with one attached hydrogen (secondary N) is 1. The fourth-order valence-electron chi connectivity index (χ4n) is 1.34. The van der Waals surface area contributed by atoms with Crippen LogP contribution < -0.4 is 4.74 Å². The maximum atomic E-state index is 6.83. The minimum absolute atomic E-state index is 0.690. The van der Waals surface area contributed by atoms with Gasteiger partial charge in [-0.25, -0.2) is 0 Å². The van der Waals surface area contributed by atoms with Gasteiger partial charge in [-0.2, -0.15) is 0 Å². The molecule has 0 aliphatic rings. The summed E-state index contributed by atoms with van der Waals surface area (Å²) in [6, 6.07) is 11.8. The highest BCUT2D eigenvalue weighted by molar-refractivity contribution is 9.10. The van der Waals surface area contributed by atoms with Crippen LogP contribution in [-0.2, 0) is 0 Å². The summed E-state index contributed by atoms with van der Waals surface area (Å²) in [5.41, 5.74) is 0. The molecule has 0 fully saturated rings. The van der Waals surface area contributed by atoms with Crippen LogP contribution in [0.5, 0.6) is 5.75 Å². The van der Waals surface area contributed by atoms with Gasteiger partial charge in [0.25, 0.3) is 0 Å². The lowest BCUT2D eigenvalue weighted by Gasteiger charge is -2.02. The third-order valence-corrected chi connectivity index (χ3v) is 2.46. The van der Waals surface area contributed by atoms with Crippen LogP contribution in [0.15, 0.2) is 40.9 Å². The molecule has 0 heterocycles. The van der Waals surface area contributed by atoms with E-state index in [1.54, 1.807) is 0 Å². The molecule has 3 heteroatoms. The third kappa shape index (κ3) is 1.77. The Labute approximate surface area is 90.1 Å². The molecule has 2 nitrogen and oxygen atoms in total. The van der Waals surface area contributed by atoms with E-state index in [2.05, 4.69) is 15.9 Å². The summed E-state index contributed by atoms with van der Waals surface area (Å²) >= 11 is 3.41. The van der Waals surface area contributed by atoms with Crippen molar-refractivity contribution in [2.45, 2.75) is 0 Å². The first-order chi connectivity index (χ1) is 6.79. The maximum Gasteiger partial charge on any atom is 0.173 e. The van der Waals surface area contributed by atoms with Crippen molar-refractivity contribution in [3.63, 3.8) is 0 Å². The smallest absolute Gasteiger partial charge is 0.173 e. The fourth-order valence-corrected chi connectivity index (χ4v) is 1.71. The summed E-state index contributed by atoms with van der Waals surface area (Å²) in [5, 5.41) is 9.08. The van der Waals surface area contributed by atoms with Gasteiger partial charge in [0.1, 0.15) is 5.75 Å². The van der Waals surface area contributed by atoms with E-state index in [0.29, 0.717) is 5.75 Å². The highest BCUT2D eigenvalue weighted by atomic mass is 79.9. The summed E-state index contributed by atoms with van der Waals surface area (Å²) in [6.07, 6.45) is 0.931. The van der Waals surface area contributed by atoms with Gasteiger partial charge in [-0.15, -0.1) is 0 Å². The third-order valence-electron chi connectivity index (χ3n) is 1.97. The van der Waals surface area contributed by atoms with Crippen molar-refractivity contribution < 1.29 is 4.74 Å². The number of benzene rings is 2. The summed E-state index contributed by atoms with van der Waals surface area (Å²) < 4.78 is 6.03. The molecular formula is C11H8BrNO. The maximum absolute atomic E-state index is 6.83. The topological polar surface area (TPSA) is 33.1 Å². The lowest BCUT2D eigenvalue weighted by Crippen LogP contribution is -1.86. The molecule has 14 heavy (non-hydrogen) atoms. The van der Waals surface area contributed by atoms with Crippen molar-refractivity contribution in [1.29, 1.82) is 5.41 Å². The van der Waals surface area contributed by atoms with Gasteiger partial charge in [0, 0.05) is 4.47 Å². The average Bonchev–Trinajstić information content (AvgIpc) is 2.19. The Balaban J connectivity index is 2.55. The molecule has 2 aromatic carbocycles. The summed E-state index contributed by atoms with van der Waals surface area (Å²) in [4.78, 5) is 0. The van der Waals surface area contributed by atoms with Gasteiger partial charge in [-0.1, -0.05) is 28.1 Å². The van der Waals surface area contributed by atoms with E-state index in [0.717, 1.165) is 21.6 Å². The van der Waals surface area contributed by atoms with Crippen molar-refractivity contribution in [2.24, 2.45) is 0 Å². The second kappa shape index (κ2) is 3.80. The van der Waals surface area contributed by atoms with Crippen molar-refractivity contribution in [1.82, 2.24) is 0 Å². The normalized spacial score (nSPS) is 10.1. The summed E-state index contributed by atoms with van der Waals surface area (Å²) in [6.45, 7) is 0. The van der Waals surface area contributed by atoms with Crippen molar-refractivity contribution in [3.8, 4) is 5.75 Å². The molecular weight excluding hydrogens is 242 g/mol. The zero-order valence-electron chi connectivity index (χ0n) is 7.33. The van der Waals surface area contributed by atoms with Gasteiger partial charge in [0.2, 0.25) is 0 Å². The van der Waals surface area contributed by atoms with Crippen LogP contribution >= 0.6 is 15.9 Å². The second-order valence-corrected chi connectivity index (χ2v) is 3.80. The van der Waals surface area contributed by atoms with Gasteiger partial charge in [-0.3, -0.25) is 5.41 Å². The van der Waals surface area contributed by atoms with E-state index in [-0.39, 0.29) is 0 Å². The zero-order valence-corrected chi connectivity index (χ0v) is 8.91.